The molecule has 1 amide bonds. The molecular formula is C20H20F3N3O2. The number of carbonyl (C=O) groups excluding carboxylic acids is 1. The number of ether oxygens (including phenoxy) is 1. The quantitative estimate of drug-likeness (QED) is 0.796. The van der Waals surface area contributed by atoms with Gasteiger partial charge in [-0.05, 0) is 35.4 Å². The van der Waals surface area contributed by atoms with Gasteiger partial charge in [0.25, 0.3) is 0 Å². The predicted molar refractivity (Wildman–Crippen MR) is 99.6 cm³/mol. The number of carbonyl (C=O) groups is 1. The molecule has 0 radical (unpaired) electrons. The van der Waals surface area contributed by atoms with E-state index in [0.29, 0.717) is 24.4 Å². The number of hydrogen-bond acceptors (Lipinski definition) is 4. The zero-order valence-electron chi connectivity index (χ0n) is 15.1. The third-order valence-corrected chi connectivity index (χ3v) is 4.43. The highest BCUT2D eigenvalue weighted by Crippen LogP contribution is 2.29. The van der Waals surface area contributed by atoms with Crippen molar-refractivity contribution in [2.24, 2.45) is 5.73 Å². The number of anilines is 1. The number of amides is 1. The minimum atomic E-state index is -4.40. The van der Waals surface area contributed by atoms with Crippen molar-refractivity contribution in [1.29, 1.82) is 0 Å². The summed E-state index contributed by atoms with van der Waals surface area (Å²) in [5, 5.41) is 0. The van der Waals surface area contributed by atoms with Crippen LogP contribution in [0.15, 0.2) is 48.2 Å². The van der Waals surface area contributed by atoms with Crippen LogP contribution in [0.5, 0.6) is 0 Å². The van der Waals surface area contributed by atoms with E-state index in [-0.39, 0.29) is 6.42 Å². The van der Waals surface area contributed by atoms with Crippen LogP contribution in [0.2, 0.25) is 0 Å². The van der Waals surface area contributed by atoms with Crippen LogP contribution < -0.4 is 10.6 Å². The Morgan fingerprint density at radius 2 is 1.82 bits per heavy atom. The second-order valence-corrected chi connectivity index (χ2v) is 6.45. The molecule has 2 aromatic rings. The number of hydrogen-bond donors (Lipinski definition) is 1. The van der Waals surface area contributed by atoms with Gasteiger partial charge in [0, 0.05) is 31.3 Å². The molecule has 1 aliphatic heterocycles. The van der Waals surface area contributed by atoms with E-state index < -0.39 is 17.6 Å². The normalized spacial score (nSPS) is 15.5. The maximum absolute atomic E-state index is 12.7. The molecule has 1 fully saturated rings. The summed E-state index contributed by atoms with van der Waals surface area (Å²) in [6.07, 6.45) is -0.984. The Kier molecular flexibility index (Phi) is 5.99. The van der Waals surface area contributed by atoms with Crippen molar-refractivity contribution in [3.05, 3.63) is 64.9 Å². The molecule has 5 nitrogen and oxygen atoms in total. The highest BCUT2D eigenvalue weighted by molar-refractivity contribution is 5.97. The number of pyridine rings is 1. The molecule has 3 rings (SSSR count). The number of nitrogens with two attached hydrogens (primary N) is 1. The van der Waals surface area contributed by atoms with Gasteiger partial charge in [0.05, 0.1) is 18.8 Å². The van der Waals surface area contributed by atoms with Crippen molar-refractivity contribution < 1.29 is 22.7 Å². The second kappa shape index (κ2) is 8.43. The van der Waals surface area contributed by atoms with Crippen LogP contribution in [0.3, 0.4) is 0 Å². The fourth-order valence-corrected chi connectivity index (χ4v) is 2.90. The van der Waals surface area contributed by atoms with E-state index >= 15 is 0 Å². The first-order chi connectivity index (χ1) is 13.3. The third kappa shape index (κ3) is 5.10. The van der Waals surface area contributed by atoms with Crippen molar-refractivity contribution in [2.45, 2.75) is 12.6 Å². The Labute approximate surface area is 160 Å². The highest BCUT2D eigenvalue weighted by Gasteiger charge is 2.29. The van der Waals surface area contributed by atoms with Crippen molar-refractivity contribution in [1.82, 2.24) is 4.98 Å². The fraction of sp³-hybridized carbons (Fsp3) is 0.300. The van der Waals surface area contributed by atoms with E-state index in [2.05, 4.69) is 9.88 Å². The minimum Gasteiger partial charge on any atom is -0.378 e. The molecule has 8 heteroatoms. The van der Waals surface area contributed by atoms with Crippen molar-refractivity contribution in [3.63, 3.8) is 0 Å². The Bertz CT molecular complexity index is 840. The summed E-state index contributed by atoms with van der Waals surface area (Å²) >= 11 is 0. The lowest BCUT2D eigenvalue weighted by Gasteiger charge is -2.27. The zero-order chi connectivity index (χ0) is 20.1. The van der Waals surface area contributed by atoms with Gasteiger partial charge in [0.2, 0.25) is 5.91 Å². The highest BCUT2D eigenvalue weighted by atomic mass is 19.4. The number of morpholine rings is 1. The molecule has 2 heterocycles. The van der Waals surface area contributed by atoms with Crippen molar-refractivity contribution >= 4 is 17.8 Å². The maximum Gasteiger partial charge on any atom is 0.416 e. The van der Waals surface area contributed by atoms with E-state index in [1.54, 1.807) is 6.20 Å². The van der Waals surface area contributed by atoms with Gasteiger partial charge in [-0.25, -0.2) is 4.98 Å². The Hall–Kier alpha value is -2.87. The Balaban J connectivity index is 1.74. The molecule has 28 heavy (non-hydrogen) atoms. The lowest BCUT2D eigenvalue weighted by Crippen LogP contribution is -2.36. The first kappa shape index (κ1) is 19.9. The van der Waals surface area contributed by atoms with Gasteiger partial charge in [-0.3, -0.25) is 4.79 Å². The van der Waals surface area contributed by atoms with Crippen LogP contribution in [0.4, 0.5) is 19.0 Å². The lowest BCUT2D eigenvalue weighted by atomic mass is 10.0. The average molecular weight is 391 g/mol. The number of rotatable bonds is 5. The molecule has 0 unspecified atom stereocenters. The molecule has 0 atom stereocenters. The molecule has 1 aromatic carbocycles. The number of aromatic nitrogens is 1. The summed E-state index contributed by atoms with van der Waals surface area (Å²) in [5.74, 6) is 0.205. The summed E-state index contributed by atoms with van der Waals surface area (Å²) in [6.45, 7) is 2.86. The number of halogens is 3. The molecule has 2 N–H and O–H groups in total. The molecule has 0 saturated carbocycles. The summed E-state index contributed by atoms with van der Waals surface area (Å²) in [6, 6.07) is 8.31. The second-order valence-electron chi connectivity index (χ2n) is 6.45. The first-order valence-corrected chi connectivity index (χ1v) is 8.78. The molecule has 148 valence electrons. The maximum atomic E-state index is 12.7. The topological polar surface area (TPSA) is 68.5 Å². The van der Waals surface area contributed by atoms with Crippen molar-refractivity contribution in [2.75, 3.05) is 31.2 Å². The lowest BCUT2D eigenvalue weighted by molar-refractivity contribution is -0.137. The van der Waals surface area contributed by atoms with Gasteiger partial charge < -0.3 is 15.4 Å². The zero-order valence-corrected chi connectivity index (χ0v) is 15.1. The molecular weight excluding hydrogens is 371 g/mol. The molecule has 1 aromatic heterocycles. The number of benzene rings is 1. The molecule has 1 aliphatic rings. The SMILES string of the molecule is NC(=O)/C(=C\c1ccc(C(F)(F)F)cc1)Cc1ccc(N2CCOCC2)nc1. The minimum absolute atomic E-state index is 0.243. The van der Waals surface area contributed by atoms with E-state index in [9.17, 15) is 18.0 Å². The van der Waals surface area contributed by atoms with Crippen LogP contribution >= 0.6 is 0 Å². The Morgan fingerprint density at radius 1 is 1.14 bits per heavy atom. The van der Waals surface area contributed by atoms with Crippen LogP contribution in [0.1, 0.15) is 16.7 Å². The first-order valence-electron chi connectivity index (χ1n) is 8.78. The Morgan fingerprint density at radius 3 is 2.36 bits per heavy atom. The van der Waals surface area contributed by atoms with Gasteiger partial charge in [-0.15, -0.1) is 0 Å². The summed E-state index contributed by atoms with van der Waals surface area (Å²) in [4.78, 5) is 18.3. The van der Waals surface area contributed by atoms with Crippen LogP contribution in [-0.2, 0) is 22.1 Å². The van der Waals surface area contributed by atoms with E-state index in [1.165, 1.54) is 18.2 Å². The molecule has 0 aliphatic carbocycles. The number of nitrogens with zero attached hydrogens (tertiary/aromatic N) is 2. The van der Waals surface area contributed by atoms with E-state index in [4.69, 9.17) is 10.5 Å². The van der Waals surface area contributed by atoms with E-state index in [1.807, 2.05) is 12.1 Å². The van der Waals surface area contributed by atoms with Gasteiger partial charge in [0.15, 0.2) is 0 Å². The van der Waals surface area contributed by atoms with Crippen molar-refractivity contribution in [3.8, 4) is 0 Å². The summed E-state index contributed by atoms with van der Waals surface area (Å²) in [5.41, 5.74) is 6.26. The summed E-state index contributed by atoms with van der Waals surface area (Å²) < 4.78 is 43.3. The smallest absolute Gasteiger partial charge is 0.378 e. The standard InChI is InChI=1S/C20H20F3N3O2/c21-20(22,23)17-4-1-14(2-5-17)11-16(19(24)27)12-15-3-6-18(25-13-15)26-7-9-28-10-8-26/h1-6,11,13H,7-10,12H2,(H2,24,27)/b16-11-. The predicted octanol–water partition coefficient (Wildman–Crippen LogP) is 3.05. The largest absolute Gasteiger partial charge is 0.416 e. The van der Waals surface area contributed by atoms with Gasteiger partial charge >= 0.3 is 6.18 Å². The molecule has 0 bridgehead atoms. The van der Waals surface area contributed by atoms with Gasteiger partial charge in [-0.2, -0.15) is 13.2 Å². The average Bonchev–Trinajstić information content (AvgIpc) is 2.68. The summed E-state index contributed by atoms with van der Waals surface area (Å²) in [7, 11) is 0. The van der Waals surface area contributed by atoms with Gasteiger partial charge in [-0.1, -0.05) is 18.2 Å². The fourth-order valence-electron chi connectivity index (χ4n) is 2.90. The van der Waals surface area contributed by atoms with Crippen LogP contribution in [0, 0.1) is 0 Å². The number of primary amides is 1. The monoisotopic (exact) mass is 391 g/mol. The van der Waals surface area contributed by atoms with E-state index in [0.717, 1.165) is 36.6 Å². The van der Waals surface area contributed by atoms with Crippen LogP contribution in [-0.4, -0.2) is 37.2 Å². The van der Waals surface area contributed by atoms with Crippen LogP contribution in [0.25, 0.3) is 6.08 Å². The third-order valence-electron chi connectivity index (χ3n) is 4.43. The molecule has 0 spiro atoms. The van der Waals surface area contributed by atoms with Gasteiger partial charge in [0.1, 0.15) is 5.82 Å². The number of alkyl halides is 3. The molecule has 1 saturated heterocycles.